The van der Waals surface area contributed by atoms with Crippen LogP contribution in [0.15, 0.2) is 9.90 Å². The Kier molecular flexibility index (Phi) is 5.02. The van der Waals surface area contributed by atoms with E-state index in [1.807, 2.05) is 6.92 Å². The molecule has 1 fully saturated rings. The van der Waals surface area contributed by atoms with Gasteiger partial charge in [0, 0.05) is 17.8 Å². The minimum atomic E-state index is -0.352. The third kappa shape index (κ3) is 3.76. The smallest absolute Gasteiger partial charge is 0.271 e. The molecule has 3 rings (SSSR count). The van der Waals surface area contributed by atoms with Crippen LogP contribution >= 0.6 is 11.3 Å². The van der Waals surface area contributed by atoms with Crippen molar-refractivity contribution in [1.29, 1.82) is 0 Å². The van der Waals surface area contributed by atoms with Crippen molar-refractivity contribution in [2.75, 3.05) is 0 Å². The van der Waals surface area contributed by atoms with Crippen LogP contribution in [0.2, 0.25) is 0 Å². The molecule has 2 aromatic heterocycles. The van der Waals surface area contributed by atoms with Crippen LogP contribution in [-0.4, -0.2) is 21.0 Å². The number of hydrogen-bond donors (Lipinski definition) is 2. The Morgan fingerprint density at radius 1 is 1.43 bits per heavy atom. The standard InChI is InChI=1S/C15H21N5O2S/c1-9(17-14(21)11-8-23-12(7-16)18-11)15-19-13(20-22-15)10-5-3-2-4-6-10/h8-10H,2-7,16H2,1H3,(H,17,21). The van der Waals surface area contributed by atoms with Gasteiger partial charge in [0.25, 0.3) is 5.91 Å². The normalized spacial score (nSPS) is 17.1. The fraction of sp³-hybridized carbons (Fsp3) is 0.600. The van der Waals surface area contributed by atoms with Crippen molar-refractivity contribution in [3.05, 3.63) is 27.8 Å². The first kappa shape index (κ1) is 16.1. The summed E-state index contributed by atoms with van der Waals surface area (Å²) in [6.45, 7) is 2.16. The number of amides is 1. The first-order chi connectivity index (χ1) is 11.2. The molecule has 2 aromatic rings. The van der Waals surface area contributed by atoms with Gasteiger partial charge < -0.3 is 15.6 Å². The predicted octanol–water partition coefficient (Wildman–Crippen LogP) is 2.52. The van der Waals surface area contributed by atoms with Crippen LogP contribution in [0.3, 0.4) is 0 Å². The van der Waals surface area contributed by atoms with Gasteiger partial charge in [-0.1, -0.05) is 24.4 Å². The highest BCUT2D eigenvalue weighted by Crippen LogP contribution is 2.31. The van der Waals surface area contributed by atoms with Gasteiger partial charge in [-0.15, -0.1) is 11.3 Å². The fourth-order valence-corrected chi connectivity index (χ4v) is 3.45. The molecule has 0 aliphatic heterocycles. The molecule has 0 spiro atoms. The number of nitrogens with zero attached hydrogens (tertiary/aromatic N) is 3. The lowest BCUT2D eigenvalue weighted by molar-refractivity contribution is 0.0928. The summed E-state index contributed by atoms with van der Waals surface area (Å²) >= 11 is 1.38. The highest BCUT2D eigenvalue weighted by atomic mass is 32.1. The second-order valence-electron chi connectivity index (χ2n) is 5.85. The summed E-state index contributed by atoms with van der Waals surface area (Å²) in [4.78, 5) is 20.8. The molecule has 2 heterocycles. The number of thiazole rings is 1. The highest BCUT2D eigenvalue weighted by molar-refractivity contribution is 7.09. The second-order valence-corrected chi connectivity index (χ2v) is 6.79. The van der Waals surface area contributed by atoms with Crippen LogP contribution in [0.25, 0.3) is 0 Å². The zero-order chi connectivity index (χ0) is 16.2. The zero-order valence-corrected chi connectivity index (χ0v) is 13.9. The molecule has 3 N–H and O–H groups in total. The molecule has 1 aliphatic carbocycles. The van der Waals surface area contributed by atoms with E-state index >= 15 is 0 Å². The summed E-state index contributed by atoms with van der Waals surface area (Å²) in [5.74, 6) is 1.33. The third-order valence-electron chi connectivity index (χ3n) is 4.10. The Bertz CT molecular complexity index is 662. The minimum Gasteiger partial charge on any atom is -0.339 e. The Morgan fingerprint density at radius 2 is 2.22 bits per heavy atom. The molecule has 0 bridgehead atoms. The summed E-state index contributed by atoms with van der Waals surface area (Å²) in [6.07, 6.45) is 5.94. The largest absolute Gasteiger partial charge is 0.339 e. The molecule has 124 valence electrons. The maximum absolute atomic E-state index is 12.2. The summed E-state index contributed by atoms with van der Waals surface area (Å²) in [5, 5.41) is 9.36. The average Bonchev–Trinajstić information content (AvgIpc) is 3.25. The van der Waals surface area contributed by atoms with Crippen molar-refractivity contribution in [3.8, 4) is 0 Å². The molecule has 1 unspecified atom stereocenters. The molecule has 23 heavy (non-hydrogen) atoms. The van der Waals surface area contributed by atoms with E-state index in [-0.39, 0.29) is 11.9 Å². The molecule has 1 amide bonds. The number of carbonyl (C=O) groups excluding carboxylic acids is 1. The lowest BCUT2D eigenvalue weighted by Crippen LogP contribution is -2.27. The van der Waals surface area contributed by atoms with E-state index in [2.05, 4.69) is 20.4 Å². The lowest BCUT2D eigenvalue weighted by Gasteiger charge is -2.17. The third-order valence-corrected chi connectivity index (χ3v) is 4.98. The van der Waals surface area contributed by atoms with Crippen LogP contribution < -0.4 is 11.1 Å². The SMILES string of the molecule is CC(NC(=O)c1csc(CN)n1)c1nc(C2CCCCC2)no1. The van der Waals surface area contributed by atoms with Gasteiger partial charge in [0.15, 0.2) is 5.82 Å². The molecule has 1 saturated carbocycles. The second kappa shape index (κ2) is 7.18. The number of carbonyl (C=O) groups is 1. The van der Waals surface area contributed by atoms with E-state index in [0.29, 0.717) is 24.0 Å². The Balaban J connectivity index is 1.62. The number of hydrogen-bond acceptors (Lipinski definition) is 7. The van der Waals surface area contributed by atoms with Gasteiger partial charge in [0.1, 0.15) is 16.7 Å². The molecule has 1 atom stereocenters. The lowest BCUT2D eigenvalue weighted by atomic mass is 9.89. The van der Waals surface area contributed by atoms with E-state index in [1.165, 1.54) is 30.6 Å². The zero-order valence-electron chi connectivity index (χ0n) is 13.1. The molecule has 0 aromatic carbocycles. The van der Waals surface area contributed by atoms with Crippen molar-refractivity contribution >= 4 is 17.2 Å². The Labute approximate surface area is 138 Å². The molecule has 7 nitrogen and oxygen atoms in total. The van der Waals surface area contributed by atoms with E-state index in [9.17, 15) is 4.79 Å². The van der Waals surface area contributed by atoms with E-state index in [4.69, 9.17) is 10.3 Å². The minimum absolute atomic E-state index is 0.258. The van der Waals surface area contributed by atoms with Crippen LogP contribution in [0.5, 0.6) is 0 Å². The van der Waals surface area contributed by atoms with E-state index in [1.54, 1.807) is 5.38 Å². The van der Waals surface area contributed by atoms with Crippen molar-refractivity contribution < 1.29 is 9.32 Å². The molecular weight excluding hydrogens is 314 g/mol. The predicted molar refractivity (Wildman–Crippen MR) is 86.0 cm³/mol. The van der Waals surface area contributed by atoms with Gasteiger partial charge in [0.05, 0.1) is 0 Å². The van der Waals surface area contributed by atoms with Crippen molar-refractivity contribution in [2.24, 2.45) is 5.73 Å². The Hall–Kier alpha value is -1.80. The maximum Gasteiger partial charge on any atom is 0.271 e. The summed E-state index contributed by atoms with van der Waals surface area (Å²) in [6, 6.07) is -0.352. The number of nitrogens with one attached hydrogen (secondary N) is 1. The highest BCUT2D eigenvalue weighted by Gasteiger charge is 2.24. The average molecular weight is 335 g/mol. The van der Waals surface area contributed by atoms with Crippen molar-refractivity contribution in [1.82, 2.24) is 20.4 Å². The summed E-state index contributed by atoms with van der Waals surface area (Å²) in [5.41, 5.74) is 5.88. The van der Waals surface area contributed by atoms with Gasteiger partial charge in [-0.05, 0) is 19.8 Å². The topological polar surface area (TPSA) is 107 Å². The van der Waals surface area contributed by atoms with Gasteiger partial charge in [0.2, 0.25) is 5.89 Å². The van der Waals surface area contributed by atoms with Crippen LogP contribution in [0.4, 0.5) is 0 Å². The monoisotopic (exact) mass is 335 g/mol. The van der Waals surface area contributed by atoms with Crippen LogP contribution in [-0.2, 0) is 6.54 Å². The number of aromatic nitrogens is 3. The van der Waals surface area contributed by atoms with E-state index in [0.717, 1.165) is 23.7 Å². The maximum atomic E-state index is 12.2. The van der Waals surface area contributed by atoms with Gasteiger partial charge >= 0.3 is 0 Å². The van der Waals surface area contributed by atoms with E-state index < -0.39 is 0 Å². The molecule has 0 radical (unpaired) electrons. The summed E-state index contributed by atoms with van der Waals surface area (Å²) in [7, 11) is 0. The van der Waals surface area contributed by atoms with Gasteiger partial charge in [-0.25, -0.2) is 4.98 Å². The van der Waals surface area contributed by atoms with Crippen molar-refractivity contribution in [3.63, 3.8) is 0 Å². The molecule has 1 aliphatic rings. The summed E-state index contributed by atoms with van der Waals surface area (Å²) < 4.78 is 5.33. The first-order valence-electron chi connectivity index (χ1n) is 7.96. The molecular formula is C15H21N5O2S. The number of nitrogens with two attached hydrogens (primary N) is 1. The quantitative estimate of drug-likeness (QED) is 0.869. The van der Waals surface area contributed by atoms with Crippen LogP contribution in [0.1, 0.15) is 78.2 Å². The fourth-order valence-electron chi connectivity index (χ4n) is 2.79. The Morgan fingerprint density at radius 3 is 2.91 bits per heavy atom. The van der Waals surface area contributed by atoms with Gasteiger partial charge in [-0.3, -0.25) is 4.79 Å². The van der Waals surface area contributed by atoms with Gasteiger partial charge in [-0.2, -0.15) is 4.98 Å². The molecule has 0 saturated heterocycles. The van der Waals surface area contributed by atoms with Crippen LogP contribution in [0, 0.1) is 0 Å². The first-order valence-corrected chi connectivity index (χ1v) is 8.84. The number of rotatable bonds is 5. The molecule has 8 heteroatoms. The van der Waals surface area contributed by atoms with Crippen molar-refractivity contribution in [2.45, 2.75) is 57.5 Å².